The zero-order valence-corrected chi connectivity index (χ0v) is 10.6. The van der Waals surface area contributed by atoms with Crippen molar-refractivity contribution in [2.24, 2.45) is 5.92 Å². The number of aromatic nitrogens is 2. The molecule has 94 valence electrons. The first kappa shape index (κ1) is 12.3. The molecule has 0 saturated carbocycles. The lowest BCUT2D eigenvalue weighted by Crippen LogP contribution is -2.28. The van der Waals surface area contributed by atoms with Gasteiger partial charge in [-0.2, -0.15) is 4.98 Å². The smallest absolute Gasteiger partial charge is 0.223 e. The SMILES string of the molecule is CC[C@H](NC[C@H]1CC=CCC1)c1noc(C)n1. The average Bonchev–Trinajstić information content (AvgIpc) is 2.78. The largest absolute Gasteiger partial charge is 0.340 e. The molecule has 1 aliphatic rings. The first-order chi connectivity index (χ1) is 8.29. The summed E-state index contributed by atoms with van der Waals surface area (Å²) in [5.74, 6) is 2.18. The molecule has 0 fully saturated rings. The average molecular weight is 235 g/mol. The molecule has 1 heterocycles. The first-order valence-electron chi connectivity index (χ1n) is 6.48. The summed E-state index contributed by atoms with van der Waals surface area (Å²) >= 11 is 0. The van der Waals surface area contributed by atoms with Crippen LogP contribution in [0.4, 0.5) is 0 Å². The Hall–Kier alpha value is -1.16. The van der Waals surface area contributed by atoms with E-state index in [1.54, 1.807) is 0 Å². The van der Waals surface area contributed by atoms with Crippen molar-refractivity contribution in [3.05, 3.63) is 23.9 Å². The van der Waals surface area contributed by atoms with E-state index >= 15 is 0 Å². The second-order valence-corrected chi connectivity index (χ2v) is 4.69. The molecule has 1 aromatic rings. The minimum Gasteiger partial charge on any atom is -0.340 e. The monoisotopic (exact) mass is 235 g/mol. The van der Waals surface area contributed by atoms with Gasteiger partial charge in [0, 0.05) is 6.92 Å². The fourth-order valence-corrected chi connectivity index (χ4v) is 2.23. The topological polar surface area (TPSA) is 51.0 Å². The summed E-state index contributed by atoms with van der Waals surface area (Å²) < 4.78 is 5.03. The van der Waals surface area contributed by atoms with Crippen LogP contribution in [-0.4, -0.2) is 16.7 Å². The fraction of sp³-hybridized carbons (Fsp3) is 0.692. The van der Waals surface area contributed by atoms with Crippen LogP contribution in [0.25, 0.3) is 0 Å². The van der Waals surface area contributed by atoms with Crippen LogP contribution >= 0.6 is 0 Å². The van der Waals surface area contributed by atoms with Gasteiger partial charge < -0.3 is 9.84 Å². The van der Waals surface area contributed by atoms with Gasteiger partial charge in [0.25, 0.3) is 0 Å². The molecule has 0 bridgehead atoms. The number of allylic oxidation sites excluding steroid dienone is 2. The van der Waals surface area contributed by atoms with Crippen LogP contribution in [-0.2, 0) is 0 Å². The Morgan fingerprint density at radius 1 is 1.53 bits per heavy atom. The van der Waals surface area contributed by atoms with E-state index in [1.807, 2.05) is 6.92 Å². The van der Waals surface area contributed by atoms with E-state index in [0.717, 1.165) is 24.7 Å². The van der Waals surface area contributed by atoms with E-state index in [1.165, 1.54) is 19.3 Å². The second kappa shape index (κ2) is 5.96. The highest BCUT2D eigenvalue weighted by Crippen LogP contribution is 2.19. The summed E-state index contributed by atoms with van der Waals surface area (Å²) in [6.07, 6.45) is 9.23. The maximum atomic E-state index is 5.03. The molecule has 0 radical (unpaired) electrons. The van der Waals surface area contributed by atoms with Crippen molar-refractivity contribution in [3.63, 3.8) is 0 Å². The highest BCUT2D eigenvalue weighted by molar-refractivity contribution is 4.95. The standard InChI is InChI=1S/C13H21N3O/c1-3-12(13-15-10(2)17-16-13)14-9-11-7-5-4-6-8-11/h4-5,11-12,14H,3,6-9H2,1-2H3/t11-,12-/m0/s1. The van der Waals surface area contributed by atoms with Gasteiger partial charge in [-0.1, -0.05) is 24.2 Å². The third-order valence-corrected chi connectivity index (χ3v) is 3.29. The lowest BCUT2D eigenvalue weighted by molar-refractivity contribution is 0.360. The van der Waals surface area contributed by atoms with Crippen molar-refractivity contribution < 1.29 is 4.52 Å². The number of hydrogen-bond acceptors (Lipinski definition) is 4. The minimum absolute atomic E-state index is 0.221. The quantitative estimate of drug-likeness (QED) is 0.797. The van der Waals surface area contributed by atoms with Crippen LogP contribution in [0.15, 0.2) is 16.7 Å². The Labute approximate surface area is 102 Å². The number of rotatable bonds is 5. The molecule has 1 aliphatic carbocycles. The molecule has 2 rings (SSSR count). The number of aryl methyl sites for hydroxylation is 1. The highest BCUT2D eigenvalue weighted by atomic mass is 16.5. The molecule has 0 aromatic carbocycles. The Balaban J connectivity index is 1.85. The summed E-state index contributed by atoms with van der Waals surface area (Å²) in [6.45, 7) is 5.01. The van der Waals surface area contributed by atoms with E-state index in [9.17, 15) is 0 Å². The van der Waals surface area contributed by atoms with Crippen LogP contribution in [0, 0.1) is 12.8 Å². The summed E-state index contributed by atoms with van der Waals surface area (Å²) in [5, 5.41) is 7.54. The van der Waals surface area contributed by atoms with Crippen molar-refractivity contribution in [3.8, 4) is 0 Å². The van der Waals surface area contributed by atoms with E-state index in [2.05, 4.69) is 34.5 Å². The Morgan fingerprint density at radius 2 is 2.41 bits per heavy atom. The summed E-state index contributed by atoms with van der Waals surface area (Å²) in [7, 11) is 0. The molecule has 2 atom stereocenters. The number of nitrogens with one attached hydrogen (secondary N) is 1. The van der Waals surface area contributed by atoms with Gasteiger partial charge >= 0.3 is 0 Å². The van der Waals surface area contributed by atoms with Crippen LogP contribution in [0.5, 0.6) is 0 Å². The molecule has 0 spiro atoms. The lowest BCUT2D eigenvalue weighted by atomic mass is 9.94. The third-order valence-electron chi connectivity index (χ3n) is 3.29. The Morgan fingerprint density at radius 3 is 3.00 bits per heavy atom. The van der Waals surface area contributed by atoms with Gasteiger partial charge in [0.2, 0.25) is 5.89 Å². The summed E-state index contributed by atoms with van der Waals surface area (Å²) in [4.78, 5) is 4.29. The van der Waals surface area contributed by atoms with E-state index in [-0.39, 0.29) is 6.04 Å². The predicted molar refractivity (Wildman–Crippen MR) is 66.6 cm³/mol. The van der Waals surface area contributed by atoms with Crippen molar-refractivity contribution in [1.82, 2.24) is 15.5 Å². The van der Waals surface area contributed by atoms with Gasteiger partial charge in [0.1, 0.15) is 0 Å². The van der Waals surface area contributed by atoms with Gasteiger partial charge in [0.05, 0.1) is 6.04 Å². The second-order valence-electron chi connectivity index (χ2n) is 4.69. The molecular weight excluding hydrogens is 214 g/mol. The molecule has 1 N–H and O–H groups in total. The van der Waals surface area contributed by atoms with Gasteiger partial charge in [-0.25, -0.2) is 0 Å². The third kappa shape index (κ3) is 3.40. The maximum absolute atomic E-state index is 5.03. The summed E-state index contributed by atoms with van der Waals surface area (Å²) in [6, 6.07) is 0.221. The molecular formula is C13H21N3O. The van der Waals surface area contributed by atoms with Gasteiger partial charge in [-0.15, -0.1) is 0 Å². The van der Waals surface area contributed by atoms with E-state index in [4.69, 9.17) is 4.52 Å². The molecule has 0 amide bonds. The van der Waals surface area contributed by atoms with E-state index in [0.29, 0.717) is 5.89 Å². The van der Waals surface area contributed by atoms with Crippen molar-refractivity contribution >= 4 is 0 Å². The maximum Gasteiger partial charge on any atom is 0.223 e. The minimum atomic E-state index is 0.221. The molecule has 0 aliphatic heterocycles. The van der Waals surface area contributed by atoms with Gasteiger partial charge in [-0.3, -0.25) is 0 Å². The van der Waals surface area contributed by atoms with Crippen LogP contribution in [0.1, 0.15) is 50.4 Å². The molecule has 17 heavy (non-hydrogen) atoms. The molecule has 0 saturated heterocycles. The zero-order valence-electron chi connectivity index (χ0n) is 10.6. The van der Waals surface area contributed by atoms with Crippen LogP contribution in [0.2, 0.25) is 0 Å². The van der Waals surface area contributed by atoms with Crippen molar-refractivity contribution in [2.75, 3.05) is 6.54 Å². The molecule has 0 unspecified atom stereocenters. The first-order valence-corrected chi connectivity index (χ1v) is 6.48. The predicted octanol–water partition coefficient (Wildman–Crippen LogP) is 2.78. The lowest BCUT2D eigenvalue weighted by Gasteiger charge is -2.21. The highest BCUT2D eigenvalue weighted by Gasteiger charge is 2.17. The Bertz CT molecular complexity index is 372. The van der Waals surface area contributed by atoms with Gasteiger partial charge in [-0.05, 0) is 38.1 Å². The van der Waals surface area contributed by atoms with E-state index < -0.39 is 0 Å². The van der Waals surface area contributed by atoms with Crippen molar-refractivity contribution in [2.45, 2.75) is 45.6 Å². The normalized spacial score (nSPS) is 21.6. The molecule has 4 nitrogen and oxygen atoms in total. The van der Waals surface area contributed by atoms with Crippen LogP contribution < -0.4 is 5.32 Å². The fourth-order valence-electron chi connectivity index (χ4n) is 2.23. The zero-order chi connectivity index (χ0) is 12.1. The number of nitrogens with zero attached hydrogens (tertiary/aromatic N) is 2. The summed E-state index contributed by atoms with van der Waals surface area (Å²) in [5.41, 5.74) is 0. The Kier molecular flexibility index (Phi) is 4.31. The van der Waals surface area contributed by atoms with Gasteiger partial charge in [0.15, 0.2) is 5.82 Å². The van der Waals surface area contributed by atoms with Crippen LogP contribution in [0.3, 0.4) is 0 Å². The molecule has 4 heteroatoms. The number of hydrogen-bond donors (Lipinski definition) is 1. The van der Waals surface area contributed by atoms with Crippen molar-refractivity contribution in [1.29, 1.82) is 0 Å². The molecule has 1 aromatic heterocycles.